The number of alkyl halides is 3. The minimum Gasteiger partial charge on any atom is -0.493 e. The number of Topliss-reactive ketones (excluding diaryl/α,β-unsaturated/α-hetero) is 1. The lowest BCUT2D eigenvalue weighted by molar-refractivity contribution is -0.164. The lowest BCUT2D eigenvalue weighted by Crippen LogP contribution is -2.37. The smallest absolute Gasteiger partial charge is 0.409 e. The van der Waals surface area contributed by atoms with Crippen LogP contribution in [0, 0.1) is 11.8 Å². The number of hydrogen-bond donors (Lipinski definition) is 0. The van der Waals surface area contributed by atoms with E-state index in [1.807, 2.05) is 0 Å². The number of carbonyl (C=O) groups is 3. The molecule has 0 radical (unpaired) electrons. The van der Waals surface area contributed by atoms with Gasteiger partial charge in [-0.05, 0) is 12.8 Å². The number of ketones is 1. The third kappa shape index (κ3) is 10.6. The minimum atomic E-state index is -4.44. The molecule has 0 aliphatic carbocycles. The Balaban J connectivity index is 2.85. The average molecular weight is 520 g/mol. The van der Waals surface area contributed by atoms with Crippen LogP contribution < -0.4 is 9.47 Å². The van der Waals surface area contributed by atoms with Crippen molar-refractivity contribution >= 4 is 17.7 Å². The number of esters is 2. The molecule has 1 aromatic rings. The standard InChI is InChI=1S/C24H32F3NO8/c1-14(2)21(16(4)33-11-7-9-24(25,26)27)36-23(31)15(3)12-18(30)20-22(35-13-34-17(5)29)19(32-6)8-10-28-20/h7-10,14-16,21H,11-13H2,1-6H3/b9-7+/t15-,16+,21-/m1/s1. The van der Waals surface area contributed by atoms with Crippen LogP contribution in [-0.4, -0.2) is 61.6 Å². The molecule has 0 aliphatic rings. The van der Waals surface area contributed by atoms with Gasteiger partial charge < -0.3 is 23.7 Å². The predicted octanol–water partition coefficient (Wildman–Crippen LogP) is 4.29. The van der Waals surface area contributed by atoms with Crippen molar-refractivity contribution in [1.29, 1.82) is 0 Å². The van der Waals surface area contributed by atoms with Gasteiger partial charge in [0.2, 0.25) is 6.79 Å². The summed E-state index contributed by atoms with van der Waals surface area (Å²) in [5.41, 5.74) is -0.116. The fourth-order valence-electron chi connectivity index (χ4n) is 3.07. The number of carbonyl (C=O) groups excluding carboxylic acids is 3. The van der Waals surface area contributed by atoms with E-state index in [1.54, 1.807) is 20.8 Å². The second-order valence-corrected chi connectivity index (χ2v) is 8.25. The molecule has 0 saturated heterocycles. The molecular formula is C24H32F3NO8. The van der Waals surface area contributed by atoms with Crippen molar-refractivity contribution in [3.63, 3.8) is 0 Å². The van der Waals surface area contributed by atoms with Crippen molar-refractivity contribution in [1.82, 2.24) is 4.98 Å². The zero-order valence-electron chi connectivity index (χ0n) is 21.1. The number of nitrogens with zero attached hydrogens (tertiary/aromatic N) is 1. The molecule has 3 atom stereocenters. The maximum absolute atomic E-state index is 12.9. The first-order chi connectivity index (χ1) is 16.8. The van der Waals surface area contributed by atoms with E-state index in [0.717, 1.165) is 6.08 Å². The Hall–Kier alpha value is -3.15. The van der Waals surface area contributed by atoms with E-state index in [-0.39, 0.29) is 42.2 Å². The van der Waals surface area contributed by atoms with Gasteiger partial charge in [0.25, 0.3) is 0 Å². The third-order valence-corrected chi connectivity index (χ3v) is 4.85. The van der Waals surface area contributed by atoms with Crippen LogP contribution in [0.15, 0.2) is 24.4 Å². The summed E-state index contributed by atoms with van der Waals surface area (Å²) in [5, 5.41) is 0. The average Bonchev–Trinajstić information content (AvgIpc) is 2.78. The molecule has 9 nitrogen and oxygen atoms in total. The highest BCUT2D eigenvalue weighted by Gasteiger charge is 2.30. The zero-order valence-corrected chi connectivity index (χ0v) is 21.1. The van der Waals surface area contributed by atoms with Crippen LogP contribution in [0.25, 0.3) is 0 Å². The molecule has 0 saturated carbocycles. The summed E-state index contributed by atoms with van der Waals surface area (Å²) in [5.74, 6) is -2.77. The van der Waals surface area contributed by atoms with Gasteiger partial charge in [-0.2, -0.15) is 13.2 Å². The van der Waals surface area contributed by atoms with Gasteiger partial charge in [-0.3, -0.25) is 14.4 Å². The van der Waals surface area contributed by atoms with E-state index in [2.05, 4.69) is 4.98 Å². The Labute approximate surface area is 207 Å². The van der Waals surface area contributed by atoms with Crippen LogP contribution in [0.5, 0.6) is 11.5 Å². The molecule has 12 heteroatoms. The molecule has 0 spiro atoms. The van der Waals surface area contributed by atoms with Gasteiger partial charge in [0.15, 0.2) is 23.0 Å². The zero-order chi connectivity index (χ0) is 27.5. The third-order valence-electron chi connectivity index (χ3n) is 4.85. The van der Waals surface area contributed by atoms with Crippen molar-refractivity contribution in [3.8, 4) is 11.5 Å². The quantitative estimate of drug-likeness (QED) is 0.154. The van der Waals surface area contributed by atoms with Crippen molar-refractivity contribution in [2.75, 3.05) is 20.5 Å². The lowest BCUT2D eigenvalue weighted by Gasteiger charge is -2.28. The van der Waals surface area contributed by atoms with E-state index < -0.39 is 48.8 Å². The van der Waals surface area contributed by atoms with Gasteiger partial charge in [-0.25, -0.2) is 4.98 Å². The monoisotopic (exact) mass is 519 g/mol. The summed E-state index contributed by atoms with van der Waals surface area (Å²) in [6.07, 6.45) is -3.95. The Morgan fingerprint density at radius 1 is 1.14 bits per heavy atom. The van der Waals surface area contributed by atoms with Crippen molar-refractivity contribution in [2.45, 2.75) is 59.4 Å². The van der Waals surface area contributed by atoms with Gasteiger partial charge in [0.05, 0.1) is 25.7 Å². The predicted molar refractivity (Wildman–Crippen MR) is 121 cm³/mol. The number of allylic oxidation sites excluding steroid dienone is 1. The highest BCUT2D eigenvalue weighted by atomic mass is 19.4. The number of pyridine rings is 1. The summed E-state index contributed by atoms with van der Waals surface area (Å²) in [6.45, 7) is 7.03. The first kappa shape index (κ1) is 30.9. The van der Waals surface area contributed by atoms with Gasteiger partial charge in [0.1, 0.15) is 6.10 Å². The van der Waals surface area contributed by atoms with Gasteiger partial charge in [-0.1, -0.05) is 26.8 Å². The Kier molecular flexibility index (Phi) is 12.4. The topological polar surface area (TPSA) is 110 Å². The molecule has 36 heavy (non-hydrogen) atoms. The summed E-state index contributed by atoms with van der Waals surface area (Å²) < 4.78 is 62.9. The number of ether oxygens (including phenoxy) is 5. The summed E-state index contributed by atoms with van der Waals surface area (Å²) in [4.78, 5) is 40.7. The summed E-state index contributed by atoms with van der Waals surface area (Å²) in [6, 6.07) is 1.45. The normalized spacial score (nSPS) is 14.3. The van der Waals surface area contributed by atoms with Gasteiger partial charge >= 0.3 is 18.1 Å². The molecular weight excluding hydrogens is 487 g/mol. The van der Waals surface area contributed by atoms with Gasteiger partial charge in [0, 0.05) is 31.7 Å². The SMILES string of the molecule is COc1ccnc(C(=O)C[C@@H](C)C(=O)O[C@H](C(C)C)[C@H](C)OC/C=C/C(F)(F)F)c1OCOC(C)=O. The van der Waals surface area contributed by atoms with E-state index in [0.29, 0.717) is 0 Å². The maximum atomic E-state index is 12.9. The number of halogens is 3. The highest BCUT2D eigenvalue weighted by molar-refractivity contribution is 5.99. The van der Waals surface area contributed by atoms with Crippen molar-refractivity contribution in [3.05, 3.63) is 30.1 Å². The first-order valence-corrected chi connectivity index (χ1v) is 11.2. The molecule has 0 unspecified atom stereocenters. The molecule has 0 amide bonds. The summed E-state index contributed by atoms with van der Waals surface area (Å²) >= 11 is 0. The molecule has 0 bridgehead atoms. The van der Waals surface area contributed by atoms with E-state index in [4.69, 9.17) is 23.7 Å². The highest BCUT2D eigenvalue weighted by Crippen LogP contribution is 2.31. The molecule has 0 fully saturated rings. The number of rotatable bonds is 14. The Morgan fingerprint density at radius 3 is 2.36 bits per heavy atom. The van der Waals surface area contributed by atoms with Gasteiger partial charge in [-0.15, -0.1) is 0 Å². The number of methoxy groups -OCH3 is 1. The number of aromatic nitrogens is 1. The molecule has 0 aromatic carbocycles. The molecule has 1 rings (SSSR count). The Morgan fingerprint density at radius 2 is 1.81 bits per heavy atom. The van der Waals surface area contributed by atoms with Crippen molar-refractivity contribution < 1.29 is 51.2 Å². The van der Waals surface area contributed by atoms with Crippen LogP contribution in [0.1, 0.15) is 51.5 Å². The molecule has 1 aromatic heterocycles. The van der Waals surface area contributed by atoms with E-state index in [1.165, 1.54) is 33.2 Å². The van der Waals surface area contributed by atoms with Crippen LogP contribution in [0.2, 0.25) is 0 Å². The Bertz CT molecular complexity index is 917. The largest absolute Gasteiger partial charge is 0.493 e. The second-order valence-electron chi connectivity index (χ2n) is 8.25. The van der Waals surface area contributed by atoms with Crippen LogP contribution in [0.3, 0.4) is 0 Å². The second kappa shape index (κ2) is 14.4. The maximum Gasteiger partial charge on any atom is 0.409 e. The fourth-order valence-corrected chi connectivity index (χ4v) is 3.07. The van der Waals surface area contributed by atoms with E-state index >= 15 is 0 Å². The molecule has 0 aliphatic heterocycles. The van der Waals surface area contributed by atoms with E-state index in [9.17, 15) is 27.6 Å². The number of hydrogen-bond acceptors (Lipinski definition) is 9. The first-order valence-electron chi connectivity index (χ1n) is 11.2. The summed E-state index contributed by atoms with van der Waals surface area (Å²) in [7, 11) is 1.36. The van der Waals surface area contributed by atoms with Crippen LogP contribution in [0.4, 0.5) is 13.2 Å². The van der Waals surface area contributed by atoms with Crippen molar-refractivity contribution in [2.24, 2.45) is 11.8 Å². The lowest BCUT2D eigenvalue weighted by atomic mass is 10.00. The fraction of sp³-hybridized carbons (Fsp3) is 0.583. The molecule has 202 valence electrons. The molecule has 1 heterocycles. The van der Waals surface area contributed by atoms with Crippen LogP contribution in [-0.2, 0) is 23.8 Å². The van der Waals surface area contributed by atoms with Crippen LogP contribution >= 0.6 is 0 Å². The molecule has 0 N–H and O–H groups in total. The minimum absolute atomic E-state index is 0.0409.